The fraction of sp³-hybridized carbons (Fsp3) is 0.321. The largest absolute Gasteiger partial charge is 0.383 e. The first-order chi connectivity index (χ1) is 17.9. The van der Waals surface area contributed by atoms with Gasteiger partial charge in [-0.05, 0) is 48.9 Å². The van der Waals surface area contributed by atoms with E-state index >= 15 is 0 Å². The number of anilines is 1. The molecule has 0 fully saturated rings. The molecular weight excluding hydrogens is 506 g/mol. The van der Waals surface area contributed by atoms with Crippen molar-refractivity contribution in [2.24, 2.45) is 0 Å². The quantitative estimate of drug-likeness (QED) is 0.223. The maximum atomic E-state index is 13.0. The van der Waals surface area contributed by atoms with Gasteiger partial charge in [0.25, 0.3) is 5.91 Å². The third-order valence-corrected chi connectivity index (χ3v) is 6.19. The van der Waals surface area contributed by atoms with Crippen LogP contribution >= 0.6 is 23.5 Å². The number of allylic oxidation sites excluding steroid dienone is 1. The van der Waals surface area contributed by atoms with E-state index < -0.39 is 0 Å². The van der Waals surface area contributed by atoms with Crippen LogP contribution in [-0.2, 0) is 16.1 Å². The van der Waals surface area contributed by atoms with Crippen LogP contribution in [0.5, 0.6) is 0 Å². The standard InChI is InChI=1S/C25H28ClN5O2S.C3H8/c1-5-21(22-17-29-31(23(22)6-2)20-10-8-19(26)9-11-20)25(32)28-16-18-7-12-24(27-15-18)30(34-4)13-14-33-3;1-3-2/h5-12,15,17H,2,13-14,16H2,1,3-4H3,(H,28,32);3H2,1-2H3/b21-5+;. The molecule has 0 unspecified atom stereocenters. The van der Waals surface area contributed by atoms with Crippen LogP contribution in [0.25, 0.3) is 17.3 Å². The van der Waals surface area contributed by atoms with Crippen molar-refractivity contribution in [3.63, 3.8) is 0 Å². The predicted molar refractivity (Wildman–Crippen MR) is 157 cm³/mol. The van der Waals surface area contributed by atoms with Crippen LogP contribution in [0.1, 0.15) is 44.0 Å². The lowest BCUT2D eigenvalue weighted by molar-refractivity contribution is -0.115. The fourth-order valence-corrected chi connectivity index (χ4v) is 4.06. The summed E-state index contributed by atoms with van der Waals surface area (Å²) in [6.45, 7) is 11.7. The van der Waals surface area contributed by atoms with Crippen LogP contribution in [0.4, 0.5) is 5.82 Å². The Hall–Kier alpha value is -3.07. The van der Waals surface area contributed by atoms with Gasteiger partial charge in [-0.15, -0.1) is 0 Å². The number of amides is 1. The van der Waals surface area contributed by atoms with Crippen molar-refractivity contribution in [1.82, 2.24) is 20.1 Å². The minimum absolute atomic E-state index is 0.198. The third-order valence-electron chi connectivity index (χ3n) is 5.13. The van der Waals surface area contributed by atoms with E-state index in [1.165, 1.54) is 6.42 Å². The van der Waals surface area contributed by atoms with Crippen LogP contribution in [0.2, 0.25) is 5.02 Å². The van der Waals surface area contributed by atoms with Crippen LogP contribution in [0.15, 0.2) is 61.4 Å². The van der Waals surface area contributed by atoms with E-state index in [1.54, 1.807) is 60.4 Å². The number of rotatable bonds is 11. The number of nitrogens with zero attached hydrogens (tertiary/aromatic N) is 4. The first-order valence-corrected chi connectivity index (χ1v) is 13.7. The van der Waals surface area contributed by atoms with Crippen molar-refractivity contribution < 1.29 is 9.53 Å². The summed E-state index contributed by atoms with van der Waals surface area (Å²) in [6, 6.07) is 11.2. The molecule has 0 atom stereocenters. The van der Waals surface area contributed by atoms with E-state index in [4.69, 9.17) is 16.3 Å². The van der Waals surface area contributed by atoms with E-state index in [0.29, 0.717) is 29.3 Å². The molecule has 0 spiro atoms. The number of methoxy groups -OCH3 is 1. The summed E-state index contributed by atoms with van der Waals surface area (Å²) in [5, 5.41) is 8.09. The number of hydrogen-bond donors (Lipinski definition) is 1. The van der Waals surface area contributed by atoms with Gasteiger partial charge in [-0.25, -0.2) is 9.67 Å². The van der Waals surface area contributed by atoms with Crippen molar-refractivity contribution in [1.29, 1.82) is 0 Å². The van der Waals surface area contributed by atoms with Crippen molar-refractivity contribution >= 4 is 46.9 Å². The summed E-state index contributed by atoms with van der Waals surface area (Å²) in [7, 11) is 1.68. The Balaban J connectivity index is 0.00000153. The zero-order valence-corrected chi connectivity index (χ0v) is 23.8. The van der Waals surface area contributed by atoms with Crippen LogP contribution < -0.4 is 9.62 Å². The Bertz CT molecular complexity index is 1160. The summed E-state index contributed by atoms with van der Waals surface area (Å²) in [5.74, 6) is 0.648. The molecule has 3 rings (SSSR count). The molecule has 9 heteroatoms. The van der Waals surface area contributed by atoms with Gasteiger partial charge in [0.05, 0.1) is 30.7 Å². The number of nitrogens with one attached hydrogen (secondary N) is 1. The van der Waals surface area contributed by atoms with E-state index in [-0.39, 0.29) is 5.91 Å². The molecule has 37 heavy (non-hydrogen) atoms. The van der Waals surface area contributed by atoms with E-state index in [2.05, 4.69) is 40.1 Å². The van der Waals surface area contributed by atoms with Crippen LogP contribution in [0, 0.1) is 0 Å². The monoisotopic (exact) mass is 541 g/mol. The predicted octanol–water partition coefficient (Wildman–Crippen LogP) is 6.43. The van der Waals surface area contributed by atoms with Gasteiger partial charge >= 0.3 is 0 Å². The molecule has 0 aliphatic carbocycles. The average molecular weight is 542 g/mol. The topological polar surface area (TPSA) is 72.3 Å². The molecule has 0 aliphatic heterocycles. The number of hydrogen-bond acceptors (Lipinski definition) is 6. The molecule has 1 N–H and O–H groups in total. The van der Waals surface area contributed by atoms with E-state index in [0.717, 1.165) is 29.3 Å². The molecule has 0 radical (unpaired) electrons. The molecule has 7 nitrogen and oxygen atoms in total. The van der Waals surface area contributed by atoms with Gasteiger partial charge in [0.1, 0.15) is 5.82 Å². The smallest absolute Gasteiger partial charge is 0.251 e. The number of ether oxygens (including phenoxy) is 1. The lowest BCUT2D eigenvalue weighted by atomic mass is 10.1. The number of halogens is 1. The minimum Gasteiger partial charge on any atom is -0.383 e. The fourth-order valence-electron chi connectivity index (χ4n) is 3.38. The highest BCUT2D eigenvalue weighted by molar-refractivity contribution is 7.99. The molecule has 0 saturated heterocycles. The first kappa shape index (κ1) is 30.2. The second-order valence-corrected chi connectivity index (χ2v) is 9.17. The third kappa shape index (κ3) is 8.49. The Morgan fingerprint density at radius 2 is 1.92 bits per heavy atom. The molecular formula is C28H36ClN5O2S. The van der Waals surface area contributed by atoms with Crippen LogP contribution in [0.3, 0.4) is 0 Å². The number of carbonyl (C=O) groups excluding carboxylic acids is 1. The highest BCUT2D eigenvalue weighted by Gasteiger charge is 2.18. The zero-order valence-electron chi connectivity index (χ0n) is 22.2. The second-order valence-electron chi connectivity index (χ2n) is 7.93. The van der Waals surface area contributed by atoms with E-state index in [9.17, 15) is 4.79 Å². The second kappa shape index (κ2) is 15.9. The molecule has 0 aliphatic rings. The number of pyridine rings is 1. The summed E-state index contributed by atoms with van der Waals surface area (Å²) in [4.78, 5) is 17.6. The summed E-state index contributed by atoms with van der Waals surface area (Å²) in [5.41, 5.74) is 3.68. The Labute approximate surface area is 229 Å². The lowest BCUT2D eigenvalue weighted by Crippen LogP contribution is -2.24. The van der Waals surface area contributed by atoms with Crippen molar-refractivity contribution in [3.05, 3.63) is 83.3 Å². The zero-order chi connectivity index (χ0) is 27.2. The Morgan fingerprint density at radius 3 is 2.46 bits per heavy atom. The number of carbonyl (C=O) groups is 1. The summed E-state index contributed by atoms with van der Waals surface area (Å²) >= 11 is 7.59. The van der Waals surface area contributed by atoms with Gasteiger partial charge in [0.2, 0.25) is 0 Å². The molecule has 198 valence electrons. The molecule has 0 bridgehead atoms. The van der Waals surface area contributed by atoms with Crippen molar-refractivity contribution in [2.75, 3.05) is 30.8 Å². The van der Waals surface area contributed by atoms with Gasteiger partial charge in [-0.1, -0.05) is 62.5 Å². The SMILES string of the molecule is C=Cc1c(/C(=C\C)C(=O)NCc2ccc(N(CCOC)SC)nc2)cnn1-c1ccc(Cl)cc1.CCC. The molecule has 1 aromatic carbocycles. The normalized spacial score (nSPS) is 10.9. The molecule has 1 amide bonds. The van der Waals surface area contributed by atoms with Gasteiger partial charge in [-0.3, -0.25) is 9.10 Å². The maximum Gasteiger partial charge on any atom is 0.251 e. The van der Waals surface area contributed by atoms with Gasteiger partial charge in [0.15, 0.2) is 0 Å². The Kier molecular flexibility index (Phi) is 13.0. The summed E-state index contributed by atoms with van der Waals surface area (Å²) < 4.78 is 8.94. The maximum absolute atomic E-state index is 13.0. The Morgan fingerprint density at radius 1 is 1.22 bits per heavy atom. The molecule has 2 heterocycles. The summed E-state index contributed by atoms with van der Waals surface area (Å²) in [6.07, 6.45) is 10.2. The van der Waals surface area contributed by atoms with Gasteiger partial charge < -0.3 is 10.1 Å². The van der Waals surface area contributed by atoms with Gasteiger partial charge in [0, 0.05) is 42.3 Å². The highest BCUT2D eigenvalue weighted by atomic mass is 35.5. The average Bonchev–Trinajstić information content (AvgIpc) is 3.33. The number of aromatic nitrogens is 3. The lowest BCUT2D eigenvalue weighted by Gasteiger charge is -2.20. The van der Waals surface area contributed by atoms with Crippen LogP contribution in [-0.4, -0.2) is 47.2 Å². The molecule has 0 saturated carbocycles. The number of benzene rings is 1. The van der Waals surface area contributed by atoms with Crippen molar-refractivity contribution in [2.45, 2.75) is 33.7 Å². The molecule has 2 aromatic heterocycles. The highest BCUT2D eigenvalue weighted by Crippen LogP contribution is 2.24. The first-order valence-electron chi connectivity index (χ1n) is 12.1. The minimum atomic E-state index is -0.198. The van der Waals surface area contributed by atoms with Gasteiger partial charge in [-0.2, -0.15) is 5.10 Å². The molecule has 3 aromatic rings. The van der Waals surface area contributed by atoms with E-state index in [1.807, 2.05) is 37.4 Å². The van der Waals surface area contributed by atoms with Crippen molar-refractivity contribution in [3.8, 4) is 5.69 Å².